The highest BCUT2D eigenvalue weighted by Crippen LogP contribution is 2.40. The van der Waals surface area contributed by atoms with Gasteiger partial charge in [-0.15, -0.1) is 0 Å². The van der Waals surface area contributed by atoms with Crippen LogP contribution in [0.15, 0.2) is 109 Å². The summed E-state index contributed by atoms with van der Waals surface area (Å²) in [5.74, 6) is -5.45. The van der Waals surface area contributed by atoms with Crippen LogP contribution in [-0.4, -0.2) is 0 Å². The Hall–Kier alpha value is -4.35. The fourth-order valence-corrected chi connectivity index (χ4v) is 3.68. The van der Waals surface area contributed by atoms with Crippen LogP contribution in [0.4, 0.5) is 56.6 Å². The Labute approximate surface area is 211 Å². The second-order valence-corrected chi connectivity index (χ2v) is 7.96. The summed E-state index contributed by atoms with van der Waals surface area (Å²) in [7, 11) is 0. The summed E-state index contributed by atoms with van der Waals surface area (Å²) in [6.07, 6.45) is -7.59. The topological polar surface area (TPSA) is 36.1 Å². The molecule has 0 fully saturated rings. The van der Waals surface area contributed by atoms with Gasteiger partial charge in [0.05, 0.1) is 0 Å². The van der Waals surface area contributed by atoms with Crippen LogP contribution in [0.25, 0.3) is 0 Å². The quantitative estimate of drug-likeness (QED) is 0.143. The fraction of sp³-hybridized carbons (Fsp3) is 0.0769. The average Bonchev–Trinajstić information content (AvgIpc) is 2.89. The lowest BCUT2D eigenvalue weighted by molar-refractivity contribution is 0.382. The Morgan fingerprint density at radius 3 is 0.816 bits per heavy atom. The van der Waals surface area contributed by atoms with Crippen molar-refractivity contribution in [3.8, 4) is 0 Å². The van der Waals surface area contributed by atoms with Gasteiger partial charge in [0.15, 0.2) is 0 Å². The first kappa shape index (κ1) is 28.2. The van der Waals surface area contributed by atoms with Gasteiger partial charge in [-0.3, -0.25) is 0 Å². The van der Waals surface area contributed by atoms with Gasteiger partial charge in [-0.05, 0) is 60.0 Å². The molecule has 0 aliphatic carbocycles. The zero-order chi connectivity index (χ0) is 28.0. The highest BCUT2D eigenvalue weighted by molar-refractivity contribution is 5.59. The molecule has 0 aliphatic heterocycles. The van der Waals surface area contributed by atoms with Crippen LogP contribution >= 0.6 is 0 Å². The molecule has 3 nitrogen and oxygen atoms in total. The molecule has 0 amide bonds. The number of anilines is 3. The summed E-state index contributed by atoms with van der Waals surface area (Å²) in [5.41, 5.74) is 0.669. The zero-order valence-corrected chi connectivity index (χ0v) is 19.3. The molecule has 0 radical (unpaired) electrons. The molecule has 3 aromatic rings. The van der Waals surface area contributed by atoms with Crippen molar-refractivity contribution in [1.82, 2.24) is 0 Å². The van der Waals surface area contributed by atoms with Crippen molar-refractivity contribution in [2.75, 3.05) is 16.0 Å². The molecule has 38 heavy (non-hydrogen) atoms. The van der Waals surface area contributed by atoms with Crippen molar-refractivity contribution >= 4 is 17.1 Å². The van der Waals surface area contributed by atoms with E-state index in [0.717, 1.165) is 0 Å². The number of rotatable bonds is 9. The standard InChI is InChI=1S/C26H18F9N3/c1-26(14-2-8-17(9-3-14)36-23(33)20(27)28,15-4-10-18(11-5-15)37-24(34)21(29)30)16-6-12-19(13-7-16)38-25(35)22(31)32/h2-13,36-38H,1H3. The van der Waals surface area contributed by atoms with Crippen molar-refractivity contribution < 1.29 is 39.5 Å². The molecule has 3 rings (SSSR count). The molecule has 0 unspecified atom stereocenters. The Balaban J connectivity index is 2.05. The Morgan fingerprint density at radius 2 is 0.632 bits per heavy atom. The molecule has 0 spiro atoms. The molecule has 0 bridgehead atoms. The van der Waals surface area contributed by atoms with E-state index in [4.69, 9.17) is 0 Å². The van der Waals surface area contributed by atoms with Crippen LogP contribution < -0.4 is 16.0 Å². The summed E-state index contributed by atoms with van der Waals surface area (Å²) in [5, 5.41) is 5.74. The number of hydrogen-bond acceptors (Lipinski definition) is 3. The van der Waals surface area contributed by atoms with E-state index < -0.39 is 41.5 Å². The minimum absolute atomic E-state index is 0.0199. The second-order valence-electron chi connectivity index (χ2n) is 7.96. The van der Waals surface area contributed by atoms with Gasteiger partial charge in [0.1, 0.15) is 0 Å². The number of benzene rings is 3. The molecule has 0 atom stereocenters. The summed E-state index contributed by atoms with van der Waals surface area (Å²) in [6.45, 7) is 1.74. The lowest BCUT2D eigenvalue weighted by atomic mass is 9.71. The number of nitrogens with one attached hydrogen (secondary N) is 3. The van der Waals surface area contributed by atoms with Gasteiger partial charge in [-0.1, -0.05) is 36.4 Å². The Kier molecular flexibility index (Phi) is 8.76. The molecule has 3 aromatic carbocycles. The monoisotopic (exact) mass is 543 g/mol. The zero-order valence-electron chi connectivity index (χ0n) is 19.3. The van der Waals surface area contributed by atoms with Gasteiger partial charge < -0.3 is 16.0 Å². The van der Waals surface area contributed by atoms with E-state index in [2.05, 4.69) is 0 Å². The average molecular weight is 543 g/mol. The first-order valence-electron chi connectivity index (χ1n) is 10.7. The van der Waals surface area contributed by atoms with Crippen molar-refractivity contribution in [2.24, 2.45) is 0 Å². The van der Waals surface area contributed by atoms with E-state index in [9.17, 15) is 39.5 Å². The van der Waals surface area contributed by atoms with Gasteiger partial charge in [-0.25, -0.2) is 0 Å². The fourth-order valence-electron chi connectivity index (χ4n) is 3.68. The van der Waals surface area contributed by atoms with Gasteiger partial charge in [-0.2, -0.15) is 39.5 Å². The van der Waals surface area contributed by atoms with Gasteiger partial charge in [0.25, 0.3) is 17.9 Å². The number of hydrogen-bond donors (Lipinski definition) is 3. The highest BCUT2D eigenvalue weighted by Gasteiger charge is 2.31. The summed E-state index contributed by atoms with van der Waals surface area (Å²) < 4.78 is 114. The van der Waals surface area contributed by atoms with E-state index in [0.29, 0.717) is 16.7 Å². The van der Waals surface area contributed by atoms with Gasteiger partial charge in [0.2, 0.25) is 0 Å². The SMILES string of the molecule is CC(c1ccc(NC(F)=C(F)F)cc1)(c1ccc(NC(F)=C(F)F)cc1)c1ccc(NC(F)=C(F)F)cc1. The molecular formula is C26H18F9N3. The highest BCUT2D eigenvalue weighted by atomic mass is 19.3. The summed E-state index contributed by atoms with van der Waals surface area (Å²) >= 11 is 0. The normalized spacial score (nSPS) is 10.9. The Morgan fingerprint density at radius 1 is 0.421 bits per heavy atom. The minimum atomic E-state index is -2.53. The molecule has 0 heterocycles. The maximum atomic E-state index is 13.3. The smallest absolute Gasteiger partial charge is 0.322 e. The molecule has 0 aliphatic rings. The van der Waals surface area contributed by atoms with E-state index >= 15 is 0 Å². The summed E-state index contributed by atoms with van der Waals surface area (Å²) in [4.78, 5) is 0. The molecule has 0 aromatic heterocycles. The molecule has 200 valence electrons. The third kappa shape index (κ3) is 6.50. The van der Waals surface area contributed by atoms with Crippen LogP contribution in [0.5, 0.6) is 0 Å². The number of halogens is 9. The molecule has 0 saturated heterocycles. The molecule has 0 saturated carbocycles. The largest absolute Gasteiger partial charge is 0.327 e. The van der Waals surface area contributed by atoms with Crippen LogP contribution in [0.2, 0.25) is 0 Å². The van der Waals surface area contributed by atoms with Crippen LogP contribution in [-0.2, 0) is 5.41 Å². The molecule has 3 N–H and O–H groups in total. The lowest BCUT2D eigenvalue weighted by Gasteiger charge is -2.32. The predicted octanol–water partition coefficient (Wildman–Crippen LogP) is 9.38. The Bertz CT molecular complexity index is 1180. The summed E-state index contributed by atoms with van der Waals surface area (Å²) in [6, 6.07) is 17.2. The van der Waals surface area contributed by atoms with Gasteiger partial charge >= 0.3 is 18.2 Å². The van der Waals surface area contributed by atoms with E-state index in [-0.39, 0.29) is 17.1 Å². The van der Waals surface area contributed by atoms with Crippen molar-refractivity contribution in [3.63, 3.8) is 0 Å². The minimum Gasteiger partial charge on any atom is -0.327 e. The first-order valence-corrected chi connectivity index (χ1v) is 10.7. The van der Waals surface area contributed by atoms with Crippen molar-refractivity contribution in [3.05, 3.63) is 126 Å². The lowest BCUT2D eigenvalue weighted by Crippen LogP contribution is -2.25. The van der Waals surface area contributed by atoms with E-state index in [1.54, 1.807) is 6.92 Å². The predicted molar refractivity (Wildman–Crippen MR) is 127 cm³/mol. The third-order valence-corrected chi connectivity index (χ3v) is 5.65. The maximum Gasteiger partial charge on any atom is 0.322 e. The van der Waals surface area contributed by atoms with E-state index in [1.165, 1.54) is 72.8 Å². The molecule has 12 heteroatoms. The van der Waals surface area contributed by atoms with Crippen LogP contribution in [0.1, 0.15) is 23.6 Å². The first-order chi connectivity index (χ1) is 17.9. The molecular weight excluding hydrogens is 525 g/mol. The van der Waals surface area contributed by atoms with Crippen molar-refractivity contribution in [1.29, 1.82) is 0 Å². The third-order valence-electron chi connectivity index (χ3n) is 5.65. The van der Waals surface area contributed by atoms with E-state index in [1.807, 2.05) is 16.0 Å². The van der Waals surface area contributed by atoms with Crippen LogP contribution in [0.3, 0.4) is 0 Å². The maximum absolute atomic E-state index is 13.3. The van der Waals surface area contributed by atoms with Crippen LogP contribution in [0, 0.1) is 0 Å². The second kappa shape index (κ2) is 11.8. The van der Waals surface area contributed by atoms with Crippen molar-refractivity contribution in [2.45, 2.75) is 12.3 Å². The van der Waals surface area contributed by atoms with Gasteiger partial charge in [0, 0.05) is 22.5 Å².